The van der Waals surface area contributed by atoms with Gasteiger partial charge in [0.2, 0.25) is 5.95 Å². The van der Waals surface area contributed by atoms with Crippen LogP contribution in [0.5, 0.6) is 0 Å². The first-order chi connectivity index (χ1) is 13.8. The van der Waals surface area contributed by atoms with Crippen LogP contribution in [0.3, 0.4) is 0 Å². The third kappa shape index (κ3) is 4.16. The number of aromatic nitrogens is 2. The molecule has 1 atom stereocenters. The highest BCUT2D eigenvalue weighted by Gasteiger charge is 2.25. The fraction of sp³-hybridized carbons (Fsp3) is 0.391. The molecule has 5 heteroatoms. The quantitative estimate of drug-likeness (QED) is 0.685. The smallest absolute Gasteiger partial charge is 0.225 e. The molecular weight excluding hydrogens is 348 g/mol. The lowest BCUT2D eigenvalue weighted by molar-refractivity contribution is 0.185. The van der Waals surface area contributed by atoms with Crippen molar-refractivity contribution in [2.45, 2.75) is 13.3 Å². The lowest BCUT2D eigenvalue weighted by Crippen LogP contribution is -2.33. The molecule has 1 fully saturated rings. The summed E-state index contributed by atoms with van der Waals surface area (Å²) in [5.41, 5.74) is 2.09. The van der Waals surface area contributed by atoms with E-state index in [1.54, 1.807) is 0 Å². The highest BCUT2D eigenvalue weighted by atomic mass is 16.3. The number of aliphatic hydroxyl groups excluding tert-OH is 1. The Kier molecular flexibility index (Phi) is 5.84. The van der Waals surface area contributed by atoms with Crippen LogP contribution in [0.4, 0.5) is 5.95 Å². The standard InChI is InChI=1S/C23H28N4O/c1-2-26(13-14-28)16-18-10-12-27(17-18)23-24-11-9-22(25-23)21-8-7-19-5-3-4-6-20(19)15-21/h3-9,11,15,18,28H,2,10,12-14,16-17H2,1H3/t18-/m1/s1. The van der Waals surface area contributed by atoms with Crippen molar-refractivity contribution in [3.05, 3.63) is 54.7 Å². The maximum atomic E-state index is 9.20. The average Bonchev–Trinajstić information content (AvgIpc) is 3.22. The Bertz CT molecular complexity index is 929. The molecule has 0 saturated carbocycles. The first-order valence-electron chi connectivity index (χ1n) is 10.2. The Morgan fingerprint density at radius 1 is 1.14 bits per heavy atom. The van der Waals surface area contributed by atoms with E-state index in [-0.39, 0.29) is 6.61 Å². The van der Waals surface area contributed by atoms with E-state index in [1.807, 2.05) is 12.3 Å². The van der Waals surface area contributed by atoms with Gasteiger partial charge in [0.1, 0.15) is 0 Å². The van der Waals surface area contributed by atoms with Gasteiger partial charge in [0.25, 0.3) is 0 Å². The second-order valence-corrected chi connectivity index (χ2v) is 7.52. The number of nitrogens with zero attached hydrogens (tertiary/aromatic N) is 4. The van der Waals surface area contributed by atoms with Gasteiger partial charge in [0, 0.05) is 37.9 Å². The number of fused-ring (bicyclic) bond motifs is 1. The molecule has 28 heavy (non-hydrogen) atoms. The van der Waals surface area contributed by atoms with Gasteiger partial charge in [-0.1, -0.05) is 43.3 Å². The molecule has 1 aliphatic heterocycles. The van der Waals surface area contributed by atoms with Gasteiger partial charge in [-0.3, -0.25) is 0 Å². The highest BCUT2D eigenvalue weighted by molar-refractivity contribution is 5.86. The van der Waals surface area contributed by atoms with Crippen LogP contribution in [-0.4, -0.2) is 59.3 Å². The van der Waals surface area contributed by atoms with E-state index in [9.17, 15) is 5.11 Å². The van der Waals surface area contributed by atoms with Crippen molar-refractivity contribution in [3.8, 4) is 11.3 Å². The van der Waals surface area contributed by atoms with Gasteiger partial charge in [0.15, 0.2) is 0 Å². The minimum absolute atomic E-state index is 0.223. The zero-order valence-electron chi connectivity index (χ0n) is 16.5. The Labute approximate surface area is 166 Å². The largest absolute Gasteiger partial charge is 0.395 e. The number of hydrogen-bond acceptors (Lipinski definition) is 5. The van der Waals surface area contributed by atoms with E-state index in [4.69, 9.17) is 4.98 Å². The van der Waals surface area contributed by atoms with Gasteiger partial charge in [0.05, 0.1) is 12.3 Å². The van der Waals surface area contributed by atoms with Crippen LogP contribution < -0.4 is 4.90 Å². The summed E-state index contributed by atoms with van der Waals surface area (Å²) in [7, 11) is 0. The second kappa shape index (κ2) is 8.67. The predicted molar refractivity (Wildman–Crippen MR) is 114 cm³/mol. The van der Waals surface area contributed by atoms with Crippen LogP contribution in [0.2, 0.25) is 0 Å². The number of benzene rings is 2. The van der Waals surface area contributed by atoms with Crippen molar-refractivity contribution in [2.75, 3.05) is 44.2 Å². The van der Waals surface area contributed by atoms with Crippen molar-refractivity contribution in [1.29, 1.82) is 0 Å². The topological polar surface area (TPSA) is 52.5 Å². The van der Waals surface area contributed by atoms with Crippen molar-refractivity contribution in [1.82, 2.24) is 14.9 Å². The molecule has 1 saturated heterocycles. The Balaban J connectivity index is 1.49. The summed E-state index contributed by atoms with van der Waals surface area (Å²) < 4.78 is 0. The van der Waals surface area contributed by atoms with Gasteiger partial charge in [-0.05, 0) is 41.8 Å². The monoisotopic (exact) mass is 376 g/mol. The zero-order chi connectivity index (χ0) is 19.3. The summed E-state index contributed by atoms with van der Waals surface area (Å²) in [4.78, 5) is 14.0. The Morgan fingerprint density at radius 3 is 2.82 bits per heavy atom. The number of likely N-dealkylation sites (N-methyl/N-ethyl adjacent to an activating group) is 1. The molecular formula is C23H28N4O. The number of anilines is 1. The third-order valence-corrected chi connectivity index (χ3v) is 5.64. The molecule has 0 spiro atoms. The second-order valence-electron chi connectivity index (χ2n) is 7.52. The molecule has 0 aliphatic carbocycles. The van der Waals surface area contributed by atoms with E-state index >= 15 is 0 Å². The lowest BCUT2D eigenvalue weighted by Gasteiger charge is -2.23. The molecule has 1 aliphatic rings. The SMILES string of the molecule is CCN(CCO)C[C@H]1CCN(c2nccc(-c3ccc4ccccc4c3)n2)C1. The number of aliphatic hydroxyl groups is 1. The predicted octanol–water partition coefficient (Wildman–Crippen LogP) is 3.44. The molecule has 2 aromatic carbocycles. The van der Waals surface area contributed by atoms with E-state index < -0.39 is 0 Å². The van der Waals surface area contributed by atoms with Crippen molar-refractivity contribution in [2.24, 2.45) is 5.92 Å². The first kappa shape index (κ1) is 18.8. The molecule has 0 radical (unpaired) electrons. The van der Waals surface area contributed by atoms with Crippen LogP contribution in [0, 0.1) is 5.92 Å². The minimum atomic E-state index is 0.223. The van der Waals surface area contributed by atoms with Crippen LogP contribution in [0.1, 0.15) is 13.3 Å². The minimum Gasteiger partial charge on any atom is -0.395 e. The average molecular weight is 377 g/mol. The lowest BCUT2D eigenvalue weighted by atomic mass is 10.1. The number of rotatable bonds is 7. The molecule has 1 aromatic heterocycles. The molecule has 5 nitrogen and oxygen atoms in total. The van der Waals surface area contributed by atoms with Crippen molar-refractivity contribution < 1.29 is 5.11 Å². The fourth-order valence-corrected chi connectivity index (χ4v) is 4.06. The normalized spacial score (nSPS) is 17.0. The van der Waals surface area contributed by atoms with Crippen LogP contribution in [0.25, 0.3) is 22.0 Å². The summed E-state index contributed by atoms with van der Waals surface area (Å²) in [5, 5.41) is 11.7. The molecule has 0 unspecified atom stereocenters. The fourth-order valence-electron chi connectivity index (χ4n) is 4.06. The Morgan fingerprint density at radius 2 is 2.00 bits per heavy atom. The van der Waals surface area contributed by atoms with Crippen molar-refractivity contribution >= 4 is 16.7 Å². The molecule has 0 bridgehead atoms. The molecule has 1 N–H and O–H groups in total. The van der Waals surface area contributed by atoms with Crippen LogP contribution >= 0.6 is 0 Å². The van der Waals surface area contributed by atoms with Gasteiger partial charge < -0.3 is 14.9 Å². The van der Waals surface area contributed by atoms with Crippen molar-refractivity contribution in [3.63, 3.8) is 0 Å². The van der Waals surface area contributed by atoms with Crippen LogP contribution in [-0.2, 0) is 0 Å². The van der Waals surface area contributed by atoms with Gasteiger partial charge in [-0.25, -0.2) is 9.97 Å². The number of hydrogen-bond donors (Lipinski definition) is 1. The van der Waals surface area contributed by atoms with Gasteiger partial charge in [-0.15, -0.1) is 0 Å². The van der Waals surface area contributed by atoms with E-state index in [0.29, 0.717) is 5.92 Å². The molecule has 146 valence electrons. The summed E-state index contributed by atoms with van der Waals surface area (Å²) in [5.74, 6) is 1.41. The van der Waals surface area contributed by atoms with E-state index in [2.05, 4.69) is 64.2 Å². The molecule has 2 heterocycles. The molecule has 4 rings (SSSR count). The first-order valence-corrected chi connectivity index (χ1v) is 10.2. The maximum absolute atomic E-state index is 9.20. The van der Waals surface area contributed by atoms with Crippen LogP contribution in [0.15, 0.2) is 54.7 Å². The summed E-state index contributed by atoms with van der Waals surface area (Å²) >= 11 is 0. The maximum Gasteiger partial charge on any atom is 0.225 e. The third-order valence-electron chi connectivity index (χ3n) is 5.64. The highest BCUT2D eigenvalue weighted by Crippen LogP contribution is 2.26. The summed E-state index contributed by atoms with van der Waals surface area (Å²) in [6.07, 6.45) is 3.01. The van der Waals surface area contributed by atoms with E-state index in [0.717, 1.165) is 56.4 Å². The zero-order valence-corrected chi connectivity index (χ0v) is 16.5. The van der Waals surface area contributed by atoms with Gasteiger partial charge in [-0.2, -0.15) is 0 Å². The van der Waals surface area contributed by atoms with E-state index in [1.165, 1.54) is 10.8 Å². The van der Waals surface area contributed by atoms with Gasteiger partial charge >= 0.3 is 0 Å². The Hall–Kier alpha value is -2.50. The molecule has 0 amide bonds. The summed E-state index contributed by atoms with van der Waals surface area (Å²) in [6, 6.07) is 16.9. The summed E-state index contributed by atoms with van der Waals surface area (Å²) in [6.45, 7) is 7.09. The molecule has 3 aromatic rings.